The van der Waals surface area contributed by atoms with E-state index in [1.807, 2.05) is 24.3 Å². The van der Waals surface area contributed by atoms with Crippen molar-refractivity contribution >= 4 is 6.03 Å². The summed E-state index contributed by atoms with van der Waals surface area (Å²) in [4.78, 5) is 13.9. The van der Waals surface area contributed by atoms with Crippen molar-refractivity contribution in [3.63, 3.8) is 0 Å². The van der Waals surface area contributed by atoms with Gasteiger partial charge in [0.05, 0.1) is 5.69 Å². The predicted molar refractivity (Wildman–Crippen MR) is 115 cm³/mol. The van der Waals surface area contributed by atoms with Crippen LogP contribution in [0, 0.1) is 5.82 Å². The smallest absolute Gasteiger partial charge is 0.317 e. The van der Waals surface area contributed by atoms with Gasteiger partial charge in [-0.25, -0.2) is 9.18 Å². The van der Waals surface area contributed by atoms with Crippen molar-refractivity contribution in [3.05, 3.63) is 71.7 Å². The van der Waals surface area contributed by atoms with Crippen LogP contribution in [0.3, 0.4) is 0 Å². The monoisotopic (exact) mass is 410 g/mol. The lowest BCUT2D eigenvalue weighted by atomic mass is 10.1. The topological polar surface area (TPSA) is 81.2 Å². The molecule has 0 fully saturated rings. The fourth-order valence-corrected chi connectivity index (χ4v) is 3.18. The maximum atomic E-state index is 13.3. The van der Waals surface area contributed by atoms with Crippen molar-refractivity contribution in [2.45, 2.75) is 25.7 Å². The molecule has 30 heavy (non-hydrogen) atoms. The molecule has 0 atom stereocenters. The Morgan fingerprint density at radius 1 is 1.13 bits per heavy atom. The minimum atomic E-state index is -0.284. The zero-order chi connectivity index (χ0) is 21.3. The molecule has 0 aliphatic heterocycles. The van der Waals surface area contributed by atoms with Crippen molar-refractivity contribution in [3.8, 4) is 17.0 Å². The van der Waals surface area contributed by atoms with Crippen LogP contribution < -0.4 is 5.32 Å². The van der Waals surface area contributed by atoms with E-state index >= 15 is 0 Å². The summed E-state index contributed by atoms with van der Waals surface area (Å²) in [6.45, 7) is 1.22. The Labute approximate surface area is 175 Å². The third-order valence-electron chi connectivity index (χ3n) is 4.89. The lowest BCUT2D eigenvalue weighted by Crippen LogP contribution is -2.38. The highest BCUT2D eigenvalue weighted by molar-refractivity contribution is 5.73. The van der Waals surface area contributed by atoms with E-state index in [4.69, 9.17) is 0 Å². The number of urea groups is 1. The summed E-state index contributed by atoms with van der Waals surface area (Å²) in [5.74, 6) is -0.0262. The number of nitrogens with zero attached hydrogens (tertiary/aromatic N) is 2. The van der Waals surface area contributed by atoms with Crippen LogP contribution in [0.15, 0.2) is 54.6 Å². The first-order valence-corrected chi connectivity index (χ1v) is 10.1. The molecule has 1 heterocycles. The van der Waals surface area contributed by atoms with Gasteiger partial charge >= 0.3 is 6.03 Å². The Bertz CT molecular complexity index is 956. The van der Waals surface area contributed by atoms with Gasteiger partial charge in [0.1, 0.15) is 11.6 Å². The van der Waals surface area contributed by atoms with E-state index in [1.54, 1.807) is 30.1 Å². The number of phenols is 1. The van der Waals surface area contributed by atoms with Crippen molar-refractivity contribution in [1.82, 2.24) is 20.4 Å². The number of amides is 2. The number of nitrogens with one attached hydrogen (secondary N) is 2. The van der Waals surface area contributed by atoms with Crippen LogP contribution >= 0.6 is 0 Å². The molecule has 3 aromatic rings. The molecular formula is C23H27FN4O2. The van der Waals surface area contributed by atoms with E-state index in [2.05, 4.69) is 15.5 Å². The van der Waals surface area contributed by atoms with Crippen LogP contribution in [-0.2, 0) is 12.8 Å². The molecule has 0 unspecified atom stereocenters. The second-order valence-electron chi connectivity index (χ2n) is 7.32. The summed E-state index contributed by atoms with van der Waals surface area (Å²) in [7, 11) is 1.78. The first-order valence-electron chi connectivity index (χ1n) is 10.1. The average molecular weight is 410 g/mol. The highest BCUT2D eigenvalue weighted by atomic mass is 19.1. The number of H-pyrrole nitrogens is 1. The Morgan fingerprint density at radius 2 is 1.93 bits per heavy atom. The van der Waals surface area contributed by atoms with Gasteiger partial charge in [-0.3, -0.25) is 5.10 Å². The lowest BCUT2D eigenvalue weighted by Gasteiger charge is -2.17. The maximum Gasteiger partial charge on any atom is 0.317 e. The number of aromatic nitrogens is 2. The summed E-state index contributed by atoms with van der Waals surface area (Å²) in [5, 5.41) is 19.4. The predicted octanol–water partition coefficient (Wildman–Crippen LogP) is 4.13. The largest absolute Gasteiger partial charge is 0.508 e. The van der Waals surface area contributed by atoms with E-state index in [0.29, 0.717) is 18.8 Å². The van der Waals surface area contributed by atoms with Gasteiger partial charge in [0.15, 0.2) is 0 Å². The number of carbonyl (C=O) groups is 1. The molecule has 6 nitrogen and oxygen atoms in total. The molecule has 2 aromatic carbocycles. The van der Waals surface area contributed by atoms with E-state index < -0.39 is 0 Å². The molecule has 0 saturated carbocycles. The zero-order valence-electron chi connectivity index (χ0n) is 17.1. The molecule has 0 aliphatic carbocycles. The summed E-state index contributed by atoms with van der Waals surface area (Å²) >= 11 is 0. The highest BCUT2D eigenvalue weighted by Gasteiger charge is 2.09. The summed E-state index contributed by atoms with van der Waals surface area (Å²) in [5.41, 5.74) is 3.54. The molecule has 0 saturated heterocycles. The Hall–Kier alpha value is -3.35. The van der Waals surface area contributed by atoms with Crippen LogP contribution in [-0.4, -0.2) is 46.4 Å². The first-order chi connectivity index (χ1) is 14.5. The minimum Gasteiger partial charge on any atom is -0.508 e. The molecule has 0 bridgehead atoms. The molecule has 0 spiro atoms. The minimum absolute atomic E-state index is 0.0919. The number of hydrogen-bond acceptors (Lipinski definition) is 3. The molecule has 158 valence electrons. The molecule has 2 amide bonds. The van der Waals surface area contributed by atoms with Crippen LogP contribution in [0.2, 0.25) is 0 Å². The number of rotatable bonds is 9. The number of carbonyl (C=O) groups excluding carboxylic acids is 1. The summed E-state index contributed by atoms with van der Waals surface area (Å²) in [6.07, 6.45) is 3.22. The number of halogens is 1. The number of phenolic OH excluding ortho intramolecular Hbond substituents is 1. The van der Waals surface area contributed by atoms with Gasteiger partial charge in [0.25, 0.3) is 0 Å². The van der Waals surface area contributed by atoms with Gasteiger partial charge in [-0.05, 0) is 61.6 Å². The zero-order valence-corrected chi connectivity index (χ0v) is 17.1. The number of aromatic hydroxyl groups is 1. The molecule has 0 radical (unpaired) electrons. The normalized spacial score (nSPS) is 10.7. The SMILES string of the molecule is CN(CCCc1cc(-c2cccc(F)c2)n[nH]1)C(=O)NCCCc1ccc(O)cc1. The van der Waals surface area contributed by atoms with Crippen molar-refractivity contribution in [2.24, 2.45) is 0 Å². The molecule has 3 N–H and O–H groups in total. The summed E-state index contributed by atoms with van der Waals surface area (Å²) < 4.78 is 13.3. The Balaban J connectivity index is 1.34. The van der Waals surface area contributed by atoms with Crippen LogP contribution in [0.1, 0.15) is 24.1 Å². The van der Waals surface area contributed by atoms with E-state index in [1.165, 1.54) is 12.1 Å². The third-order valence-corrected chi connectivity index (χ3v) is 4.89. The highest BCUT2D eigenvalue weighted by Crippen LogP contribution is 2.19. The van der Waals surface area contributed by atoms with Crippen molar-refractivity contribution < 1.29 is 14.3 Å². The third kappa shape index (κ3) is 6.34. The first kappa shape index (κ1) is 21.4. The van der Waals surface area contributed by atoms with Gasteiger partial charge in [-0.1, -0.05) is 24.3 Å². The Kier molecular flexibility index (Phi) is 7.43. The van der Waals surface area contributed by atoms with E-state index in [0.717, 1.165) is 42.5 Å². The van der Waals surface area contributed by atoms with Gasteiger partial charge in [0, 0.05) is 31.4 Å². The fraction of sp³-hybridized carbons (Fsp3) is 0.304. The van der Waals surface area contributed by atoms with Gasteiger partial charge in [-0.2, -0.15) is 5.10 Å². The number of aromatic amines is 1. The van der Waals surface area contributed by atoms with Gasteiger partial charge in [0.2, 0.25) is 0 Å². The number of benzene rings is 2. The van der Waals surface area contributed by atoms with E-state index in [-0.39, 0.29) is 17.6 Å². The van der Waals surface area contributed by atoms with Crippen LogP contribution in [0.25, 0.3) is 11.3 Å². The van der Waals surface area contributed by atoms with Crippen LogP contribution in [0.4, 0.5) is 9.18 Å². The molecule has 1 aromatic heterocycles. The van der Waals surface area contributed by atoms with Crippen molar-refractivity contribution in [1.29, 1.82) is 0 Å². The molecular weight excluding hydrogens is 383 g/mol. The molecule has 0 aliphatic rings. The maximum absolute atomic E-state index is 13.3. The quantitative estimate of drug-likeness (QED) is 0.464. The second kappa shape index (κ2) is 10.4. The molecule has 3 rings (SSSR count). The number of aryl methyl sites for hydroxylation is 2. The van der Waals surface area contributed by atoms with Crippen molar-refractivity contribution in [2.75, 3.05) is 20.1 Å². The number of hydrogen-bond donors (Lipinski definition) is 3. The second-order valence-corrected chi connectivity index (χ2v) is 7.32. The van der Waals surface area contributed by atoms with Crippen LogP contribution in [0.5, 0.6) is 5.75 Å². The van der Waals surface area contributed by atoms with Gasteiger partial charge in [-0.15, -0.1) is 0 Å². The summed E-state index contributed by atoms with van der Waals surface area (Å²) in [6, 6.07) is 15.3. The Morgan fingerprint density at radius 3 is 2.70 bits per heavy atom. The van der Waals surface area contributed by atoms with Gasteiger partial charge < -0.3 is 15.3 Å². The molecule has 7 heteroatoms. The lowest BCUT2D eigenvalue weighted by molar-refractivity contribution is 0.208. The standard InChI is InChI=1S/C23H27FN4O2/c1-28(23(30)25-13-3-5-17-9-11-21(29)12-10-17)14-4-8-20-16-22(27-26-20)18-6-2-7-19(24)15-18/h2,6-7,9-12,15-16,29H,3-5,8,13-14H2,1H3,(H,25,30)(H,26,27). The van der Waals surface area contributed by atoms with E-state index in [9.17, 15) is 14.3 Å². The average Bonchev–Trinajstić information content (AvgIpc) is 3.21. The fourth-order valence-electron chi connectivity index (χ4n) is 3.18.